The van der Waals surface area contributed by atoms with Crippen molar-refractivity contribution in [2.24, 2.45) is 0 Å². The lowest BCUT2D eigenvalue weighted by molar-refractivity contribution is 1.34. The molecule has 0 aliphatic heterocycles. The van der Waals surface area contributed by atoms with Crippen molar-refractivity contribution in [2.45, 2.75) is 6.92 Å². The predicted molar refractivity (Wildman–Crippen MR) is 64.2 cm³/mol. The largest absolute Gasteiger partial charge is 0.397 e. The topological polar surface area (TPSA) is 38.9 Å². The Morgan fingerprint density at radius 1 is 1.46 bits per heavy atom. The Morgan fingerprint density at radius 2 is 2.15 bits per heavy atom. The van der Waals surface area contributed by atoms with Crippen molar-refractivity contribution in [2.75, 3.05) is 5.73 Å². The molecule has 2 aromatic rings. The summed E-state index contributed by atoms with van der Waals surface area (Å²) in [7, 11) is 0. The third kappa shape index (κ3) is 1.49. The summed E-state index contributed by atoms with van der Waals surface area (Å²) in [5, 5.41) is 1.05. The molecule has 0 aliphatic rings. The lowest BCUT2D eigenvalue weighted by Gasteiger charge is -2.00. The Bertz CT molecular complexity index is 478. The first-order valence-electron chi connectivity index (χ1n) is 3.60. The zero-order valence-corrected chi connectivity index (χ0v) is 10.8. The number of anilines is 1. The SMILES string of the molecule is Cc1nc2c(Br)c(N)c(Br)cc2s1. The molecule has 1 aromatic carbocycles. The molecule has 1 aromatic heterocycles. The molecule has 0 radical (unpaired) electrons. The van der Waals surface area contributed by atoms with E-state index in [-0.39, 0.29) is 0 Å². The number of benzene rings is 1. The van der Waals surface area contributed by atoms with Crippen molar-refractivity contribution < 1.29 is 0 Å². The minimum Gasteiger partial charge on any atom is -0.397 e. The van der Waals surface area contributed by atoms with Crippen LogP contribution in [0.4, 0.5) is 5.69 Å². The second-order valence-electron chi connectivity index (χ2n) is 2.67. The van der Waals surface area contributed by atoms with E-state index in [9.17, 15) is 0 Å². The van der Waals surface area contributed by atoms with Gasteiger partial charge in [-0.05, 0) is 44.8 Å². The molecule has 13 heavy (non-hydrogen) atoms. The third-order valence-electron chi connectivity index (χ3n) is 1.72. The van der Waals surface area contributed by atoms with Crippen LogP contribution in [0.2, 0.25) is 0 Å². The van der Waals surface area contributed by atoms with Crippen molar-refractivity contribution in [3.63, 3.8) is 0 Å². The van der Waals surface area contributed by atoms with Gasteiger partial charge in [-0.1, -0.05) is 0 Å². The number of nitrogen functional groups attached to an aromatic ring is 1. The summed E-state index contributed by atoms with van der Waals surface area (Å²) in [5.74, 6) is 0. The van der Waals surface area contributed by atoms with E-state index in [2.05, 4.69) is 36.8 Å². The van der Waals surface area contributed by atoms with Crippen LogP contribution in [0.25, 0.3) is 10.2 Å². The lowest BCUT2D eigenvalue weighted by atomic mass is 10.3. The van der Waals surface area contributed by atoms with Crippen LogP contribution in [0.15, 0.2) is 15.0 Å². The fourth-order valence-electron chi connectivity index (χ4n) is 1.12. The number of fused-ring (bicyclic) bond motifs is 1. The number of rotatable bonds is 0. The van der Waals surface area contributed by atoms with E-state index in [1.165, 1.54) is 0 Å². The Balaban J connectivity index is 2.92. The molecule has 1 heterocycles. The summed E-state index contributed by atoms with van der Waals surface area (Å²) in [5.41, 5.74) is 7.48. The number of nitrogens with two attached hydrogens (primary N) is 1. The minimum atomic E-state index is 0.706. The van der Waals surface area contributed by atoms with Crippen LogP contribution in [0.5, 0.6) is 0 Å². The summed E-state index contributed by atoms with van der Waals surface area (Å²) < 4.78 is 2.93. The number of hydrogen-bond donors (Lipinski definition) is 1. The molecule has 0 atom stereocenters. The van der Waals surface area contributed by atoms with Crippen LogP contribution >= 0.6 is 43.2 Å². The van der Waals surface area contributed by atoms with Crippen molar-refractivity contribution in [1.29, 1.82) is 0 Å². The second-order valence-corrected chi connectivity index (χ2v) is 5.55. The van der Waals surface area contributed by atoms with E-state index in [4.69, 9.17) is 5.73 Å². The molecule has 0 saturated carbocycles. The summed E-state index contributed by atoms with van der Waals surface area (Å²) >= 11 is 8.50. The lowest BCUT2D eigenvalue weighted by Crippen LogP contribution is -1.88. The van der Waals surface area contributed by atoms with Crippen LogP contribution in [0.3, 0.4) is 0 Å². The first kappa shape index (κ1) is 9.43. The maximum atomic E-state index is 5.83. The van der Waals surface area contributed by atoms with E-state index in [0.29, 0.717) is 5.69 Å². The van der Waals surface area contributed by atoms with Gasteiger partial charge < -0.3 is 5.73 Å². The van der Waals surface area contributed by atoms with Crippen molar-refractivity contribution in [3.05, 3.63) is 20.0 Å². The first-order chi connectivity index (χ1) is 6.09. The molecule has 2 N–H and O–H groups in total. The molecule has 0 aliphatic carbocycles. The number of hydrogen-bond acceptors (Lipinski definition) is 3. The van der Waals surface area contributed by atoms with E-state index in [1.807, 2.05) is 13.0 Å². The molecule has 0 bridgehead atoms. The average molecular weight is 322 g/mol. The Morgan fingerprint density at radius 3 is 2.85 bits per heavy atom. The maximum Gasteiger partial charge on any atom is 0.0978 e. The summed E-state index contributed by atoms with van der Waals surface area (Å²) in [4.78, 5) is 4.39. The molecule has 0 fully saturated rings. The summed E-state index contributed by atoms with van der Waals surface area (Å²) in [6.45, 7) is 1.99. The van der Waals surface area contributed by atoms with E-state index >= 15 is 0 Å². The molecule has 0 amide bonds. The van der Waals surface area contributed by atoms with Crippen molar-refractivity contribution >= 4 is 59.1 Å². The molecule has 5 heteroatoms. The van der Waals surface area contributed by atoms with Crippen molar-refractivity contribution in [3.8, 4) is 0 Å². The summed E-state index contributed by atoms with van der Waals surface area (Å²) in [6.07, 6.45) is 0. The van der Waals surface area contributed by atoms with Gasteiger partial charge in [0, 0.05) is 4.47 Å². The van der Waals surface area contributed by atoms with Crippen LogP contribution in [0, 0.1) is 6.92 Å². The Hall–Kier alpha value is -0.130. The van der Waals surface area contributed by atoms with Crippen LogP contribution in [0.1, 0.15) is 5.01 Å². The van der Waals surface area contributed by atoms with Gasteiger partial charge in [0.05, 0.1) is 25.4 Å². The number of aryl methyl sites for hydroxylation is 1. The van der Waals surface area contributed by atoms with E-state index in [0.717, 1.165) is 24.2 Å². The zero-order chi connectivity index (χ0) is 9.59. The Labute approximate surface area is 96.4 Å². The molecular weight excluding hydrogens is 316 g/mol. The van der Waals surface area contributed by atoms with Gasteiger partial charge in [0.15, 0.2) is 0 Å². The summed E-state index contributed by atoms with van der Waals surface area (Å²) in [6, 6.07) is 2.00. The van der Waals surface area contributed by atoms with Gasteiger partial charge in [-0.15, -0.1) is 11.3 Å². The molecule has 0 saturated heterocycles. The highest BCUT2D eigenvalue weighted by Crippen LogP contribution is 2.37. The normalized spacial score (nSPS) is 11.0. The molecular formula is C8H6Br2N2S. The number of nitrogens with zero attached hydrogens (tertiary/aromatic N) is 1. The van der Waals surface area contributed by atoms with Gasteiger partial charge in [-0.25, -0.2) is 4.98 Å². The standard InChI is InChI=1S/C8H6Br2N2S/c1-3-12-8-5(13-3)2-4(9)7(11)6(8)10/h2H,11H2,1H3. The molecule has 2 rings (SSSR count). The Kier molecular flexibility index (Phi) is 2.33. The van der Waals surface area contributed by atoms with Crippen LogP contribution in [-0.2, 0) is 0 Å². The van der Waals surface area contributed by atoms with Crippen molar-refractivity contribution in [1.82, 2.24) is 4.98 Å². The van der Waals surface area contributed by atoms with E-state index in [1.54, 1.807) is 11.3 Å². The van der Waals surface area contributed by atoms with Gasteiger partial charge in [-0.3, -0.25) is 0 Å². The van der Waals surface area contributed by atoms with Crippen LogP contribution < -0.4 is 5.73 Å². The molecule has 0 unspecified atom stereocenters. The fourth-order valence-corrected chi connectivity index (χ4v) is 3.49. The average Bonchev–Trinajstić information content (AvgIpc) is 2.42. The van der Waals surface area contributed by atoms with Gasteiger partial charge >= 0.3 is 0 Å². The quantitative estimate of drug-likeness (QED) is 0.751. The second kappa shape index (κ2) is 3.22. The fraction of sp³-hybridized carbons (Fsp3) is 0.125. The third-order valence-corrected chi connectivity index (χ3v) is 4.10. The van der Waals surface area contributed by atoms with Gasteiger partial charge in [-0.2, -0.15) is 0 Å². The number of aromatic nitrogens is 1. The number of thiazole rings is 1. The molecule has 68 valence electrons. The van der Waals surface area contributed by atoms with E-state index < -0.39 is 0 Å². The highest BCUT2D eigenvalue weighted by molar-refractivity contribution is 9.11. The smallest absolute Gasteiger partial charge is 0.0978 e. The maximum absolute atomic E-state index is 5.83. The number of halogens is 2. The highest BCUT2D eigenvalue weighted by Gasteiger charge is 2.10. The monoisotopic (exact) mass is 320 g/mol. The van der Waals surface area contributed by atoms with Gasteiger partial charge in [0.2, 0.25) is 0 Å². The van der Waals surface area contributed by atoms with Gasteiger partial charge in [0.25, 0.3) is 0 Å². The minimum absolute atomic E-state index is 0.706. The predicted octanol–water partition coefficient (Wildman–Crippen LogP) is 3.71. The highest BCUT2D eigenvalue weighted by atomic mass is 79.9. The zero-order valence-electron chi connectivity index (χ0n) is 6.77. The van der Waals surface area contributed by atoms with Crippen LogP contribution in [-0.4, -0.2) is 4.98 Å². The molecule has 0 spiro atoms. The molecule has 2 nitrogen and oxygen atoms in total. The van der Waals surface area contributed by atoms with Gasteiger partial charge in [0.1, 0.15) is 0 Å². The first-order valence-corrected chi connectivity index (χ1v) is 6.00.